The summed E-state index contributed by atoms with van der Waals surface area (Å²) < 4.78 is 5.26. The lowest BCUT2D eigenvalue weighted by molar-refractivity contribution is -0.137. The largest absolute Gasteiger partial charge is 0.481 e. The molecule has 8 heteroatoms. The van der Waals surface area contributed by atoms with Crippen molar-refractivity contribution in [1.82, 2.24) is 15.6 Å². The van der Waals surface area contributed by atoms with Gasteiger partial charge in [0, 0.05) is 12.8 Å². The van der Waals surface area contributed by atoms with Crippen LogP contribution in [0.1, 0.15) is 50.3 Å². The maximum atomic E-state index is 11.6. The number of hydrogen-bond donors (Lipinski definition) is 3. The van der Waals surface area contributed by atoms with E-state index in [1.807, 2.05) is 0 Å². The highest BCUT2D eigenvalue weighted by Crippen LogP contribution is 2.11. The van der Waals surface area contributed by atoms with Crippen LogP contribution in [0.3, 0.4) is 0 Å². The van der Waals surface area contributed by atoms with Gasteiger partial charge in [0.2, 0.25) is 11.8 Å². The Bertz CT molecular complexity index is 512. The van der Waals surface area contributed by atoms with Gasteiger partial charge in [0.15, 0.2) is 0 Å². The summed E-state index contributed by atoms with van der Waals surface area (Å²) in [6.07, 6.45) is 2.47. The summed E-state index contributed by atoms with van der Waals surface area (Å²) in [5.74, 6) is -0.359. The first kappa shape index (κ1) is 16.7. The molecule has 21 heavy (non-hydrogen) atoms. The molecular weight excluding hydrogens is 278 g/mol. The van der Waals surface area contributed by atoms with Gasteiger partial charge < -0.3 is 14.8 Å². The summed E-state index contributed by atoms with van der Waals surface area (Å²) in [4.78, 5) is 37.3. The molecule has 0 fully saturated rings. The molecule has 0 saturated heterocycles. The Morgan fingerprint density at radius 2 is 2.00 bits per heavy atom. The molecule has 1 aromatic rings. The van der Waals surface area contributed by atoms with Crippen LogP contribution in [0.25, 0.3) is 0 Å². The van der Waals surface area contributed by atoms with Gasteiger partial charge in [-0.05, 0) is 26.7 Å². The molecule has 3 amide bonds. The molecule has 0 aliphatic rings. The normalized spacial score (nSPS) is 11.7. The lowest BCUT2D eigenvalue weighted by Gasteiger charge is -2.10. The number of carbonyl (C=O) groups excluding carboxylic acids is 2. The molecule has 1 atom stereocenters. The molecule has 0 aliphatic heterocycles. The van der Waals surface area contributed by atoms with Crippen molar-refractivity contribution >= 4 is 17.9 Å². The fourth-order valence-corrected chi connectivity index (χ4v) is 1.62. The molecule has 0 saturated carbocycles. The number of urea groups is 1. The number of rotatable bonds is 7. The summed E-state index contributed by atoms with van der Waals surface area (Å²) in [6.45, 7) is 3.42. The topological polar surface area (TPSA) is 122 Å². The predicted octanol–water partition coefficient (Wildman–Crippen LogP) is 1.51. The Morgan fingerprint density at radius 3 is 2.57 bits per heavy atom. The van der Waals surface area contributed by atoms with E-state index < -0.39 is 23.9 Å². The Morgan fingerprint density at radius 1 is 1.33 bits per heavy atom. The molecule has 0 aromatic carbocycles. The number of imide groups is 1. The number of carboxylic acids is 1. The maximum Gasteiger partial charge on any atom is 0.322 e. The highest BCUT2D eigenvalue weighted by molar-refractivity contribution is 5.94. The number of carboxylic acid groups (broad SMARTS) is 1. The van der Waals surface area contributed by atoms with Crippen LogP contribution >= 0.6 is 0 Å². The number of carbonyl (C=O) groups is 3. The first-order valence-corrected chi connectivity index (χ1v) is 6.63. The third-order valence-corrected chi connectivity index (χ3v) is 2.65. The summed E-state index contributed by atoms with van der Waals surface area (Å²) in [6, 6.07) is -1.10. The van der Waals surface area contributed by atoms with Crippen LogP contribution in [0.15, 0.2) is 10.6 Å². The summed E-state index contributed by atoms with van der Waals surface area (Å²) in [7, 11) is 0. The molecule has 0 radical (unpaired) electrons. The van der Waals surface area contributed by atoms with Crippen molar-refractivity contribution in [3.8, 4) is 0 Å². The molecule has 1 rings (SSSR count). The van der Waals surface area contributed by atoms with Crippen molar-refractivity contribution in [2.45, 2.75) is 45.6 Å². The predicted molar refractivity (Wildman–Crippen MR) is 72.4 cm³/mol. The standard InChI is InChI=1S/C13H19N3O5/c1-8-7-14-12(21-8)9(2)15-13(20)16-10(17)5-3-4-6-11(18)19/h7,9H,3-6H2,1-2H3,(H,18,19)(H2,15,16,17,20). The zero-order valence-corrected chi connectivity index (χ0v) is 12.0. The van der Waals surface area contributed by atoms with Crippen molar-refractivity contribution in [1.29, 1.82) is 0 Å². The number of aromatic nitrogens is 1. The van der Waals surface area contributed by atoms with Crippen LogP contribution < -0.4 is 10.6 Å². The Kier molecular flexibility index (Phi) is 6.38. The Labute approximate surface area is 121 Å². The van der Waals surface area contributed by atoms with Gasteiger partial charge in [-0.3, -0.25) is 14.9 Å². The minimum atomic E-state index is -0.900. The molecule has 0 spiro atoms. The van der Waals surface area contributed by atoms with Crippen molar-refractivity contribution in [3.63, 3.8) is 0 Å². The molecule has 116 valence electrons. The summed E-state index contributed by atoms with van der Waals surface area (Å²) in [5, 5.41) is 13.2. The van der Waals surface area contributed by atoms with Crippen LogP contribution in [-0.4, -0.2) is 28.0 Å². The molecule has 8 nitrogen and oxygen atoms in total. The molecular formula is C13H19N3O5. The fraction of sp³-hybridized carbons (Fsp3) is 0.538. The van der Waals surface area contributed by atoms with Gasteiger partial charge in [-0.1, -0.05) is 0 Å². The van der Waals surface area contributed by atoms with Crippen LogP contribution in [-0.2, 0) is 9.59 Å². The van der Waals surface area contributed by atoms with Gasteiger partial charge in [0.25, 0.3) is 0 Å². The van der Waals surface area contributed by atoms with Crippen LogP contribution in [0.5, 0.6) is 0 Å². The van der Waals surface area contributed by atoms with E-state index in [0.717, 1.165) is 0 Å². The Balaban J connectivity index is 2.26. The van der Waals surface area contributed by atoms with Crippen molar-refractivity contribution < 1.29 is 23.9 Å². The van der Waals surface area contributed by atoms with E-state index in [4.69, 9.17) is 9.52 Å². The third kappa shape index (κ3) is 6.55. The van der Waals surface area contributed by atoms with Gasteiger partial charge in [0.05, 0.1) is 6.20 Å². The van der Waals surface area contributed by atoms with E-state index in [0.29, 0.717) is 24.5 Å². The van der Waals surface area contributed by atoms with Gasteiger partial charge in [-0.15, -0.1) is 0 Å². The van der Waals surface area contributed by atoms with E-state index in [1.54, 1.807) is 20.0 Å². The van der Waals surface area contributed by atoms with Crippen molar-refractivity contribution in [3.05, 3.63) is 17.8 Å². The van der Waals surface area contributed by atoms with E-state index in [1.165, 1.54) is 0 Å². The highest BCUT2D eigenvalue weighted by Gasteiger charge is 2.15. The number of aliphatic carboxylic acids is 1. The van der Waals surface area contributed by atoms with E-state index in [-0.39, 0.29) is 12.8 Å². The molecule has 1 unspecified atom stereocenters. The van der Waals surface area contributed by atoms with Gasteiger partial charge in [-0.2, -0.15) is 0 Å². The average molecular weight is 297 g/mol. The minimum Gasteiger partial charge on any atom is -0.481 e. The van der Waals surface area contributed by atoms with Gasteiger partial charge >= 0.3 is 12.0 Å². The first-order chi connectivity index (χ1) is 9.88. The molecule has 0 bridgehead atoms. The van der Waals surface area contributed by atoms with E-state index >= 15 is 0 Å². The second-order valence-corrected chi connectivity index (χ2v) is 4.65. The Hall–Kier alpha value is -2.38. The lowest BCUT2D eigenvalue weighted by Crippen LogP contribution is -2.40. The quantitative estimate of drug-likeness (QED) is 0.656. The molecule has 1 aromatic heterocycles. The van der Waals surface area contributed by atoms with Crippen LogP contribution in [0.2, 0.25) is 0 Å². The molecule has 1 heterocycles. The number of nitrogens with zero attached hydrogens (tertiary/aromatic N) is 1. The number of nitrogens with one attached hydrogen (secondary N) is 2. The van der Waals surface area contributed by atoms with Crippen LogP contribution in [0.4, 0.5) is 4.79 Å². The summed E-state index contributed by atoms with van der Waals surface area (Å²) >= 11 is 0. The fourth-order valence-electron chi connectivity index (χ4n) is 1.62. The van der Waals surface area contributed by atoms with E-state index in [9.17, 15) is 14.4 Å². The number of oxazole rings is 1. The number of aryl methyl sites for hydroxylation is 1. The minimum absolute atomic E-state index is 0.0139. The third-order valence-electron chi connectivity index (χ3n) is 2.65. The van der Waals surface area contributed by atoms with Crippen molar-refractivity contribution in [2.75, 3.05) is 0 Å². The van der Waals surface area contributed by atoms with Gasteiger partial charge in [0.1, 0.15) is 11.8 Å². The molecule has 3 N–H and O–H groups in total. The van der Waals surface area contributed by atoms with Crippen molar-refractivity contribution in [2.24, 2.45) is 0 Å². The van der Waals surface area contributed by atoms with Crippen LogP contribution in [0, 0.1) is 6.92 Å². The lowest BCUT2D eigenvalue weighted by atomic mass is 10.2. The smallest absolute Gasteiger partial charge is 0.322 e. The highest BCUT2D eigenvalue weighted by atomic mass is 16.4. The maximum absolute atomic E-state index is 11.6. The SMILES string of the molecule is Cc1cnc(C(C)NC(=O)NC(=O)CCCCC(=O)O)o1. The monoisotopic (exact) mass is 297 g/mol. The zero-order valence-electron chi connectivity index (χ0n) is 12.0. The second-order valence-electron chi connectivity index (χ2n) is 4.65. The zero-order chi connectivity index (χ0) is 15.8. The summed E-state index contributed by atoms with van der Waals surface area (Å²) in [5.41, 5.74) is 0. The number of hydrogen-bond acceptors (Lipinski definition) is 5. The first-order valence-electron chi connectivity index (χ1n) is 6.63. The molecule has 0 aliphatic carbocycles. The number of unbranched alkanes of at least 4 members (excludes halogenated alkanes) is 1. The average Bonchev–Trinajstić information content (AvgIpc) is 2.81. The van der Waals surface area contributed by atoms with Gasteiger partial charge in [-0.25, -0.2) is 9.78 Å². The van der Waals surface area contributed by atoms with E-state index in [2.05, 4.69) is 15.6 Å². The second kappa shape index (κ2) is 8.03. The number of amides is 3.